The van der Waals surface area contributed by atoms with Gasteiger partial charge >= 0.3 is 0 Å². The quantitative estimate of drug-likeness (QED) is 0.880. The summed E-state index contributed by atoms with van der Waals surface area (Å²) in [7, 11) is -3.08. The Labute approximate surface area is 130 Å². The second-order valence-electron chi connectivity index (χ2n) is 5.19. The summed E-state index contributed by atoms with van der Waals surface area (Å²) in [6.07, 6.45) is 0.439. The van der Waals surface area contributed by atoms with E-state index in [0.29, 0.717) is 5.75 Å². The predicted molar refractivity (Wildman–Crippen MR) is 86.8 cm³/mol. The van der Waals surface area contributed by atoms with Gasteiger partial charge in [-0.15, -0.1) is 0 Å². The van der Waals surface area contributed by atoms with Crippen LogP contribution >= 0.6 is 0 Å². The number of hydrogen-bond donors (Lipinski definition) is 1. The smallest absolute Gasteiger partial charge is 0.260 e. The number of amides is 1. The molecule has 2 rings (SSSR count). The average molecular weight is 321 g/mol. The van der Waals surface area contributed by atoms with Crippen molar-refractivity contribution in [1.82, 2.24) is 5.32 Å². The third-order valence-corrected chi connectivity index (χ3v) is 4.12. The zero-order chi connectivity index (χ0) is 16.2. The Hall–Kier alpha value is -2.08. The number of nitrogens with one attached hydrogen (secondary N) is 1. The fourth-order valence-corrected chi connectivity index (χ4v) is 2.47. The molecule has 2 aromatic carbocycles. The van der Waals surface area contributed by atoms with E-state index in [1.54, 1.807) is 6.92 Å². The maximum absolute atomic E-state index is 11.9. The summed E-state index contributed by atoms with van der Waals surface area (Å²) in [6, 6.07) is 13.5. The molecule has 0 aliphatic heterocycles. The molecule has 0 heterocycles. The van der Waals surface area contributed by atoms with Crippen LogP contribution in [0.2, 0.25) is 0 Å². The lowest BCUT2D eigenvalue weighted by atomic mass is 10.1. The van der Waals surface area contributed by atoms with Crippen molar-refractivity contribution in [3.8, 4) is 5.75 Å². The van der Waals surface area contributed by atoms with Gasteiger partial charge in [-0.2, -0.15) is 0 Å². The molecule has 0 aliphatic carbocycles. The van der Waals surface area contributed by atoms with E-state index in [2.05, 4.69) is 5.32 Å². The predicted octanol–water partition coefficient (Wildman–Crippen LogP) is 1.77. The first-order chi connectivity index (χ1) is 10.3. The Kier molecular flexibility index (Phi) is 5.03. The number of sulfone groups is 1. The molecule has 0 fully saturated rings. The molecule has 1 unspecified atom stereocenters. The minimum atomic E-state index is -3.08. The molecule has 2 aromatic rings. The topological polar surface area (TPSA) is 72.5 Å². The van der Waals surface area contributed by atoms with Crippen LogP contribution < -0.4 is 10.1 Å². The van der Waals surface area contributed by atoms with Gasteiger partial charge < -0.3 is 10.1 Å². The largest absolute Gasteiger partial charge is 0.481 e. The van der Waals surface area contributed by atoms with Crippen molar-refractivity contribution in [2.75, 3.05) is 18.6 Å². The zero-order valence-electron chi connectivity index (χ0n) is 12.6. The summed E-state index contributed by atoms with van der Waals surface area (Å²) >= 11 is 0. The van der Waals surface area contributed by atoms with Gasteiger partial charge in [-0.05, 0) is 29.8 Å². The van der Waals surface area contributed by atoms with Gasteiger partial charge in [0.1, 0.15) is 15.6 Å². The fourth-order valence-electron chi connectivity index (χ4n) is 2.00. The molecule has 5 nitrogen and oxygen atoms in total. The molecule has 1 N–H and O–H groups in total. The molecule has 22 heavy (non-hydrogen) atoms. The van der Waals surface area contributed by atoms with Crippen molar-refractivity contribution < 1.29 is 17.9 Å². The summed E-state index contributed by atoms with van der Waals surface area (Å²) in [6.45, 7) is 1.72. The highest BCUT2D eigenvalue weighted by molar-refractivity contribution is 7.90. The van der Waals surface area contributed by atoms with Crippen LogP contribution in [0.5, 0.6) is 5.75 Å². The average Bonchev–Trinajstić information content (AvgIpc) is 2.45. The lowest BCUT2D eigenvalue weighted by Crippen LogP contribution is -2.38. The fraction of sp³-hybridized carbons (Fsp3) is 0.312. The van der Waals surface area contributed by atoms with E-state index in [-0.39, 0.29) is 18.2 Å². The Balaban J connectivity index is 1.94. The molecule has 118 valence electrons. The second kappa shape index (κ2) is 6.79. The van der Waals surface area contributed by atoms with Gasteiger partial charge in [-0.3, -0.25) is 4.79 Å². The van der Waals surface area contributed by atoms with E-state index in [0.717, 1.165) is 17.0 Å². The minimum Gasteiger partial charge on any atom is -0.481 e. The molecule has 0 spiro atoms. The van der Waals surface area contributed by atoms with Gasteiger partial charge in [0, 0.05) is 12.8 Å². The summed E-state index contributed by atoms with van der Waals surface area (Å²) in [4.78, 5) is 11.9. The molecule has 6 heteroatoms. The highest BCUT2D eigenvalue weighted by Gasteiger charge is 2.15. The van der Waals surface area contributed by atoms with Crippen molar-refractivity contribution in [2.45, 2.75) is 13.0 Å². The van der Waals surface area contributed by atoms with Gasteiger partial charge in [0.05, 0.1) is 5.75 Å². The van der Waals surface area contributed by atoms with Gasteiger partial charge in [-0.25, -0.2) is 8.42 Å². The standard InChI is InChI=1S/C16H19NO4S/c1-12(16(18)17-9-10-22(2,19)20)21-15-8-7-13-5-3-4-6-14(13)11-15/h3-8,11-12H,9-10H2,1-2H3,(H,17,18). The maximum atomic E-state index is 11.9. The molecule has 1 atom stereocenters. The number of hydrogen-bond acceptors (Lipinski definition) is 4. The summed E-state index contributed by atoms with van der Waals surface area (Å²) < 4.78 is 27.6. The highest BCUT2D eigenvalue weighted by atomic mass is 32.2. The van der Waals surface area contributed by atoms with Crippen molar-refractivity contribution in [3.05, 3.63) is 42.5 Å². The lowest BCUT2D eigenvalue weighted by Gasteiger charge is -2.15. The van der Waals surface area contributed by atoms with Crippen LogP contribution in [0.4, 0.5) is 0 Å². The Morgan fingerprint density at radius 3 is 2.55 bits per heavy atom. The first-order valence-corrected chi connectivity index (χ1v) is 9.02. The Bertz CT molecular complexity index is 771. The van der Waals surface area contributed by atoms with E-state index in [9.17, 15) is 13.2 Å². The number of carbonyl (C=O) groups excluding carboxylic acids is 1. The monoisotopic (exact) mass is 321 g/mol. The molecular formula is C16H19NO4S. The van der Waals surface area contributed by atoms with Crippen LogP contribution in [-0.4, -0.2) is 39.0 Å². The lowest BCUT2D eigenvalue weighted by molar-refractivity contribution is -0.127. The number of fused-ring (bicyclic) bond motifs is 1. The van der Waals surface area contributed by atoms with E-state index < -0.39 is 15.9 Å². The molecule has 0 radical (unpaired) electrons. The summed E-state index contributed by atoms with van der Waals surface area (Å²) in [5.41, 5.74) is 0. The molecule has 0 saturated heterocycles. The highest BCUT2D eigenvalue weighted by Crippen LogP contribution is 2.21. The molecule has 1 amide bonds. The maximum Gasteiger partial charge on any atom is 0.260 e. The number of carbonyl (C=O) groups is 1. The van der Waals surface area contributed by atoms with Crippen molar-refractivity contribution in [1.29, 1.82) is 0 Å². The number of rotatable bonds is 6. The zero-order valence-corrected chi connectivity index (χ0v) is 13.4. The van der Waals surface area contributed by atoms with E-state index in [1.165, 1.54) is 0 Å². The van der Waals surface area contributed by atoms with Crippen molar-refractivity contribution >= 4 is 26.5 Å². The number of benzene rings is 2. The summed E-state index contributed by atoms with van der Waals surface area (Å²) in [5, 5.41) is 4.68. The van der Waals surface area contributed by atoms with E-state index in [1.807, 2.05) is 42.5 Å². The normalized spacial score (nSPS) is 12.8. The van der Waals surface area contributed by atoms with Crippen LogP contribution in [0.25, 0.3) is 10.8 Å². The van der Waals surface area contributed by atoms with Gasteiger partial charge in [-0.1, -0.05) is 30.3 Å². The van der Waals surface area contributed by atoms with Crippen LogP contribution in [0.15, 0.2) is 42.5 Å². The molecule has 0 aromatic heterocycles. The first kappa shape index (κ1) is 16.3. The SMILES string of the molecule is CC(Oc1ccc2ccccc2c1)C(=O)NCCS(C)(=O)=O. The Morgan fingerprint density at radius 2 is 1.86 bits per heavy atom. The van der Waals surface area contributed by atoms with Gasteiger partial charge in [0.2, 0.25) is 0 Å². The van der Waals surface area contributed by atoms with Crippen molar-refractivity contribution in [3.63, 3.8) is 0 Å². The first-order valence-electron chi connectivity index (χ1n) is 6.96. The van der Waals surface area contributed by atoms with Gasteiger partial charge in [0.15, 0.2) is 6.10 Å². The molecule has 0 saturated carbocycles. The van der Waals surface area contributed by atoms with Gasteiger partial charge in [0.25, 0.3) is 5.91 Å². The van der Waals surface area contributed by atoms with Crippen LogP contribution in [0, 0.1) is 0 Å². The van der Waals surface area contributed by atoms with E-state index in [4.69, 9.17) is 4.74 Å². The van der Waals surface area contributed by atoms with E-state index >= 15 is 0 Å². The minimum absolute atomic E-state index is 0.0819. The van der Waals surface area contributed by atoms with Crippen LogP contribution in [-0.2, 0) is 14.6 Å². The third kappa shape index (κ3) is 4.73. The molecule has 0 bridgehead atoms. The molecular weight excluding hydrogens is 302 g/mol. The second-order valence-corrected chi connectivity index (χ2v) is 7.45. The molecule has 0 aliphatic rings. The van der Waals surface area contributed by atoms with Crippen LogP contribution in [0.3, 0.4) is 0 Å². The van der Waals surface area contributed by atoms with Crippen molar-refractivity contribution in [2.24, 2.45) is 0 Å². The summed E-state index contributed by atoms with van der Waals surface area (Å²) in [5.74, 6) is 0.183. The Morgan fingerprint density at radius 1 is 1.18 bits per heavy atom. The number of ether oxygens (including phenoxy) is 1. The third-order valence-electron chi connectivity index (χ3n) is 3.18. The van der Waals surface area contributed by atoms with Crippen LogP contribution in [0.1, 0.15) is 6.92 Å².